The number of carbonyl (C=O) groups is 1. The van der Waals surface area contributed by atoms with Gasteiger partial charge in [-0.05, 0) is 25.7 Å². The molecule has 0 unspecified atom stereocenters. The topological polar surface area (TPSA) is 46.3 Å². The van der Waals surface area contributed by atoms with Crippen LogP contribution in [0.15, 0.2) is 0 Å². The molecular weight excluding hydrogens is 140 g/mol. The second-order valence-corrected chi connectivity index (χ2v) is 3.51. The summed E-state index contributed by atoms with van der Waals surface area (Å²) < 4.78 is 0. The highest BCUT2D eigenvalue weighted by atomic mass is 16.2. The SMILES string of the molecule is C[C@H]1CCN(C(N)=O)[C@@H](C)C1. The molecule has 1 heterocycles. The third-order valence-electron chi connectivity index (χ3n) is 2.42. The van der Waals surface area contributed by atoms with E-state index < -0.39 is 0 Å². The first-order valence-electron chi connectivity index (χ1n) is 4.17. The van der Waals surface area contributed by atoms with Crippen molar-refractivity contribution in [2.24, 2.45) is 11.7 Å². The Morgan fingerprint density at radius 2 is 2.18 bits per heavy atom. The van der Waals surface area contributed by atoms with Crippen LogP contribution in [0.2, 0.25) is 0 Å². The van der Waals surface area contributed by atoms with E-state index in [0.29, 0.717) is 6.04 Å². The van der Waals surface area contributed by atoms with E-state index in [-0.39, 0.29) is 6.03 Å². The minimum atomic E-state index is -0.274. The van der Waals surface area contributed by atoms with Crippen LogP contribution in [0.1, 0.15) is 26.7 Å². The predicted molar refractivity (Wildman–Crippen MR) is 44.1 cm³/mol. The van der Waals surface area contributed by atoms with Gasteiger partial charge in [0.05, 0.1) is 0 Å². The summed E-state index contributed by atoms with van der Waals surface area (Å²) in [5.74, 6) is 0.737. The Balaban J connectivity index is 2.50. The van der Waals surface area contributed by atoms with E-state index in [1.807, 2.05) is 0 Å². The highest BCUT2D eigenvalue weighted by Gasteiger charge is 2.24. The molecule has 0 aliphatic carbocycles. The molecule has 2 atom stereocenters. The zero-order valence-corrected chi connectivity index (χ0v) is 7.21. The number of nitrogens with two attached hydrogens (primary N) is 1. The van der Waals surface area contributed by atoms with E-state index >= 15 is 0 Å². The van der Waals surface area contributed by atoms with Crippen LogP contribution >= 0.6 is 0 Å². The van der Waals surface area contributed by atoms with E-state index in [9.17, 15) is 4.79 Å². The van der Waals surface area contributed by atoms with Crippen LogP contribution in [-0.4, -0.2) is 23.5 Å². The zero-order valence-electron chi connectivity index (χ0n) is 7.21. The molecule has 3 nitrogen and oxygen atoms in total. The number of nitrogens with zero attached hydrogens (tertiary/aromatic N) is 1. The Morgan fingerprint density at radius 1 is 1.55 bits per heavy atom. The third-order valence-corrected chi connectivity index (χ3v) is 2.42. The molecular formula is C8H16N2O. The second-order valence-electron chi connectivity index (χ2n) is 3.51. The van der Waals surface area contributed by atoms with Gasteiger partial charge >= 0.3 is 6.03 Å². The summed E-state index contributed by atoms with van der Waals surface area (Å²) in [4.78, 5) is 12.6. The maximum atomic E-state index is 10.8. The summed E-state index contributed by atoms with van der Waals surface area (Å²) in [5.41, 5.74) is 5.19. The molecule has 1 aliphatic heterocycles. The van der Waals surface area contributed by atoms with E-state index in [4.69, 9.17) is 5.73 Å². The Labute approximate surface area is 67.5 Å². The molecule has 1 rings (SSSR count). The number of primary amides is 1. The lowest BCUT2D eigenvalue weighted by Crippen LogP contribution is -2.46. The van der Waals surface area contributed by atoms with Crippen molar-refractivity contribution in [3.05, 3.63) is 0 Å². The Hall–Kier alpha value is -0.730. The molecule has 0 aromatic carbocycles. The highest BCUT2D eigenvalue weighted by molar-refractivity contribution is 5.72. The largest absolute Gasteiger partial charge is 0.351 e. The predicted octanol–water partition coefficient (Wildman–Crippen LogP) is 1.19. The summed E-state index contributed by atoms with van der Waals surface area (Å²) >= 11 is 0. The molecule has 0 bridgehead atoms. The fourth-order valence-corrected chi connectivity index (χ4v) is 1.73. The van der Waals surface area contributed by atoms with E-state index in [1.54, 1.807) is 4.90 Å². The van der Waals surface area contributed by atoms with Gasteiger partial charge in [0.1, 0.15) is 0 Å². The van der Waals surface area contributed by atoms with Crippen molar-refractivity contribution in [3.63, 3.8) is 0 Å². The molecule has 2 amide bonds. The summed E-state index contributed by atoms with van der Waals surface area (Å²) in [5, 5.41) is 0. The van der Waals surface area contributed by atoms with Crippen molar-refractivity contribution in [1.29, 1.82) is 0 Å². The van der Waals surface area contributed by atoms with Gasteiger partial charge in [-0.3, -0.25) is 0 Å². The number of hydrogen-bond acceptors (Lipinski definition) is 1. The molecule has 64 valence electrons. The van der Waals surface area contributed by atoms with Gasteiger partial charge in [-0.1, -0.05) is 6.92 Å². The van der Waals surface area contributed by atoms with Crippen LogP contribution in [0.5, 0.6) is 0 Å². The maximum Gasteiger partial charge on any atom is 0.315 e. The van der Waals surface area contributed by atoms with Gasteiger partial charge in [0.2, 0.25) is 0 Å². The van der Waals surface area contributed by atoms with Crippen molar-refractivity contribution < 1.29 is 4.79 Å². The lowest BCUT2D eigenvalue weighted by Gasteiger charge is -2.35. The van der Waals surface area contributed by atoms with Crippen LogP contribution in [0, 0.1) is 5.92 Å². The molecule has 0 aromatic rings. The number of carbonyl (C=O) groups excluding carboxylic acids is 1. The molecule has 11 heavy (non-hydrogen) atoms. The Kier molecular flexibility index (Phi) is 2.37. The molecule has 2 N–H and O–H groups in total. The molecule has 0 radical (unpaired) electrons. The van der Waals surface area contributed by atoms with Crippen LogP contribution in [0.3, 0.4) is 0 Å². The Morgan fingerprint density at radius 3 is 2.64 bits per heavy atom. The van der Waals surface area contributed by atoms with Crippen molar-refractivity contribution in [2.75, 3.05) is 6.54 Å². The lowest BCUT2D eigenvalue weighted by molar-refractivity contribution is 0.147. The normalized spacial score (nSPS) is 32.0. The van der Waals surface area contributed by atoms with Crippen molar-refractivity contribution in [2.45, 2.75) is 32.7 Å². The summed E-state index contributed by atoms with van der Waals surface area (Å²) in [6, 6.07) is 0.0562. The smallest absolute Gasteiger partial charge is 0.315 e. The number of amides is 2. The van der Waals surface area contributed by atoms with E-state index in [2.05, 4.69) is 13.8 Å². The van der Waals surface area contributed by atoms with E-state index in [0.717, 1.165) is 25.3 Å². The fraction of sp³-hybridized carbons (Fsp3) is 0.875. The quantitative estimate of drug-likeness (QED) is 0.562. The average molecular weight is 156 g/mol. The first-order valence-corrected chi connectivity index (χ1v) is 4.17. The summed E-state index contributed by atoms with van der Waals surface area (Å²) in [7, 11) is 0. The number of piperidine rings is 1. The number of rotatable bonds is 0. The van der Waals surface area contributed by atoms with Gasteiger partial charge in [0.15, 0.2) is 0 Å². The Bertz CT molecular complexity index is 158. The summed E-state index contributed by atoms with van der Waals surface area (Å²) in [6.07, 6.45) is 2.18. The second kappa shape index (κ2) is 3.11. The van der Waals surface area contributed by atoms with Crippen LogP contribution in [0.25, 0.3) is 0 Å². The molecule has 0 saturated carbocycles. The van der Waals surface area contributed by atoms with Gasteiger partial charge in [-0.2, -0.15) is 0 Å². The molecule has 3 heteroatoms. The average Bonchev–Trinajstić information content (AvgIpc) is 1.85. The van der Waals surface area contributed by atoms with Crippen LogP contribution in [0.4, 0.5) is 4.79 Å². The molecule has 0 aromatic heterocycles. The lowest BCUT2D eigenvalue weighted by atomic mass is 9.94. The third kappa shape index (κ3) is 1.85. The van der Waals surface area contributed by atoms with Gasteiger partial charge < -0.3 is 10.6 Å². The van der Waals surface area contributed by atoms with Gasteiger partial charge in [-0.15, -0.1) is 0 Å². The first kappa shape index (κ1) is 8.37. The molecule has 1 aliphatic rings. The molecule has 1 saturated heterocycles. The van der Waals surface area contributed by atoms with Gasteiger partial charge in [-0.25, -0.2) is 4.79 Å². The number of likely N-dealkylation sites (tertiary alicyclic amines) is 1. The van der Waals surface area contributed by atoms with Crippen molar-refractivity contribution >= 4 is 6.03 Å². The maximum absolute atomic E-state index is 10.8. The summed E-state index contributed by atoms with van der Waals surface area (Å²) in [6.45, 7) is 5.10. The van der Waals surface area contributed by atoms with Gasteiger partial charge in [0, 0.05) is 12.6 Å². The minimum Gasteiger partial charge on any atom is -0.351 e. The molecule has 1 fully saturated rings. The van der Waals surface area contributed by atoms with Crippen molar-refractivity contribution in [3.8, 4) is 0 Å². The highest BCUT2D eigenvalue weighted by Crippen LogP contribution is 2.21. The fourth-order valence-electron chi connectivity index (χ4n) is 1.73. The molecule has 0 spiro atoms. The van der Waals surface area contributed by atoms with E-state index in [1.165, 1.54) is 0 Å². The number of hydrogen-bond donors (Lipinski definition) is 1. The first-order chi connectivity index (χ1) is 5.11. The minimum absolute atomic E-state index is 0.274. The zero-order chi connectivity index (χ0) is 8.43. The van der Waals surface area contributed by atoms with Crippen LogP contribution in [-0.2, 0) is 0 Å². The standard InChI is InChI=1S/C8H16N2O/c1-6-3-4-10(8(9)11)7(2)5-6/h6-7H,3-5H2,1-2H3,(H2,9,11)/t6-,7-/m0/s1. The van der Waals surface area contributed by atoms with Gasteiger partial charge in [0.25, 0.3) is 0 Å². The number of urea groups is 1. The van der Waals surface area contributed by atoms with Crippen LogP contribution < -0.4 is 5.73 Å². The monoisotopic (exact) mass is 156 g/mol. The van der Waals surface area contributed by atoms with Crippen molar-refractivity contribution in [1.82, 2.24) is 4.90 Å².